The Balaban J connectivity index is 1.53. The van der Waals surface area contributed by atoms with Gasteiger partial charge in [0.2, 0.25) is 11.9 Å². The van der Waals surface area contributed by atoms with E-state index in [0.29, 0.717) is 5.69 Å². The number of anilines is 2. The first kappa shape index (κ1) is 16.3. The number of hydrogen-bond donors (Lipinski definition) is 1. The van der Waals surface area contributed by atoms with Crippen molar-refractivity contribution in [2.24, 2.45) is 0 Å². The molecule has 1 fully saturated rings. The Hall–Kier alpha value is -2.54. The van der Waals surface area contributed by atoms with Gasteiger partial charge in [-0.2, -0.15) is 0 Å². The standard InChI is InChI=1S/C17H20FN5O/c1-13(16(24)21-15-5-3-14(18)4-6-15)22-9-11-23(12-10-22)17-19-7-2-8-20-17/h2-8,13H,9-12H2,1H3,(H,21,24)/t13-/m1/s1. The number of carbonyl (C=O) groups excluding carboxylic acids is 1. The van der Waals surface area contributed by atoms with Crippen molar-refractivity contribution in [3.05, 3.63) is 48.5 Å². The highest BCUT2D eigenvalue weighted by molar-refractivity contribution is 5.94. The lowest BCUT2D eigenvalue weighted by molar-refractivity contribution is -0.120. The van der Waals surface area contributed by atoms with E-state index in [9.17, 15) is 9.18 Å². The number of aromatic nitrogens is 2. The molecule has 0 saturated carbocycles. The fraction of sp³-hybridized carbons (Fsp3) is 0.353. The third kappa shape index (κ3) is 3.86. The monoisotopic (exact) mass is 329 g/mol. The van der Waals surface area contributed by atoms with Crippen molar-refractivity contribution in [2.45, 2.75) is 13.0 Å². The summed E-state index contributed by atoms with van der Waals surface area (Å²) in [6.07, 6.45) is 3.46. The summed E-state index contributed by atoms with van der Waals surface area (Å²) in [4.78, 5) is 25.1. The number of rotatable bonds is 4. The molecule has 1 aliphatic rings. The van der Waals surface area contributed by atoms with Gasteiger partial charge in [-0.1, -0.05) is 0 Å². The molecule has 0 spiro atoms. The molecule has 1 amide bonds. The lowest BCUT2D eigenvalue weighted by Gasteiger charge is -2.37. The molecule has 1 aromatic heterocycles. The number of piperazine rings is 1. The van der Waals surface area contributed by atoms with Crippen molar-refractivity contribution in [3.63, 3.8) is 0 Å². The molecular weight excluding hydrogens is 309 g/mol. The van der Waals surface area contributed by atoms with Gasteiger partial charge in [0.15, 0.2) is 0 Å². The largest absolute Gasteiger partial charge is 0.338 e. The van der Waals surface area contributed by atoms with Crippen LogP contribution in [0.25, 0.3) is 0 Å². The number of benzene rings is 1. The maximum Gasteiger partial charge on any atom is 0.241 e. The van der Waals surface area contributed by atoms with E-state index in [1.807, 2.05) is 6.92 Å². The molecule has 0 aliphatic carbocycles. The summed E-state index contributed by atoms with van der Waals surface area (Å²) < 4.78 is 12.9. The Morgan fingerprint density at radius 3 is 2.38 bits per heavy atom. The lowest BCUT2D eigenvalue weighted by Crippen LogP contribution is -2.53. The highest BCUT2D eigenvalue weighted by Crippen LogP contribution is 2.14. The van der Waals surface area contributed by atoms with Crippen molar-refractivity contribution >= 4 is 17.5 Å². The second kappa shape index (κ2) is 7.35. The van der Waals surface area contributed by atoms with Gasteiger partial charge in [0.05, 0.1) is 6.04 Å². The van der Waals surface area contributed by atoms with Crippen LogP contribution < -0.4 is 10.2 Å². The molecule has 7 heteroatoms. The molecule has 0 bridgehead atoms. The van der Waals surface area contributed by atoms with Crippen LogP contribution in [0.1, 0.15) is 6.92 Å². The first-order valence-electron chi connectivity index (χ1n) is 7.96. The van der Waals surface area contributed by atoms with Crippen molar-refractivity contribution < 1.29 is 9.18 Å². The average Bonchev–Trinajstić information content (AvgIpc) is 2.64. The molecule has 24 heavy (non-hydrogen) atoms. The van der Waals surface area contributed by atoms with Crippen LogP contribution >= 0.6 is 0 Å². The third-order valence-corrected chi connectivity index (χ3v) is 4.19. The van der Waals surface area contributed by atoms with Gasteiger partial charge in [-0.3, -0.25) is 9.69 Å². The van der Waals surface area contributed by atoms with E-state index in [1.165, 1.54) is 12.1 Å². The summed E-state index contributed by atoms with van der Waals surface area (Å²) in [6.45, 7) is 4.95. The van der Waals surface area contributed by atoms with E-state index in [-0.39, 0.29) is 17.8 Å². The van der Waals surface area contributed by atoms with Gasteiger partial charge >= 0.3 is 0 Å². The summed E-state index contributed by atoms with van der Waals surface area (Å²) in [5, 5.41) is 2.82. The summed E-state index contributed by atoms with van der Waals surface area (Å²) in [7, 11) is 0. The van der Waals surface area contributed by atoms with Crippen LogP contribution in [0.5, 0.6) is 0 Å². The van der Waals surface area contributed by atoms with Gasteiger partial charge in [0.25, 0.3) is 0 Å². The molecule has 1 aromatic carbocycles. The lowest BCUT2D eigenvalue weighted by atomic mass is 10.2. The Bertz CT molecular complexity index is 671. The second-order valence-corrected chi connectivity index (χ2v) is 5.74. The Morgan fingerprint density at radius 1 is 1.12 bits per heavy atom. The molecule has 3 rings (SSSR count). The SMILES string of the molecule is C[C@H](C(=O)Nc1ccc(F)cc1)N1CCN(c2ncccn2)CC1. The van der Waals surface area contributed by atoms with E-state index in [0.717, 1.165) is 32.1 Å². The first-order chi connectivity index (χ1) is 11.6. The van der Waals surface area contributed by atoms with Crippen LogP contribution in [-0.2, 0) is 4.79 Å². The summed E-state index contributed by atoms with van der Waals surface area (Å²) in [6, 6.07) is 7.32. The number of halogens is 1. The fourth-order valence-electron chi connectivity index (χ4n) is 2.71. The van der Waals surface area contributed by atoms with Gasteiger partial charge in [0, 0.05) is 44.3 Å². The first-order valence-corrected chi connectivity index (χ1v) is 7.96. The molecule has 126 valence electrons. The maximum absolute atomic E-state index is 12.9. The number of carbonyl (C=O) groups is 1. The molecule has 0 radical (unpaired) electrons. The van der Waals surface area contributed by atoms with Crippen LogP contribution in [0.4, 0.5) is 16.0 Å². The Morgan fingerprint density at radius 2 is 1.75 bits per heavy atom. The zero-order valence-electron chi connectivity index (χ0n) is 13.5. The van der Waals surface area contributed by atoms with Crippen molar-refractivity contribution in [1.82, 2.24) is 14.9 Å². The number of amides is 1. The topological polar surface area (TPSA) is 61.4 Å². The molecular formula is C17H20FN5O. The fourth-order valence-corrected chi connectivity index (χ4v) is 2.71. The molecule has 1 aliphatic heterocycles. The van der Waals surface area contributed by atoms with E-state index in [4.69, 9.17) is 0 Å². The minimum atomic E-state index is -0.319. The van der Waals surface area contributed by atoms with Crippen molar-refractivity contribution in [3.8, 4) is 0 Å². The normalized spacial score (nSPS) is 16.7. The second-order valence-electron chi connectivity index (χ2n) is 5.74. The van der Waals surface area contributed by atoms with E-state index in [2.05, 4.69) is 25.1 Å². The van der Waals surface area contributed by atoms with Gasteiger partial charge < -0.3 is 10.2 Å². The summed E-state index contributed by atoms with van der Waals surface area (Å²) in [5.41, 5.74) is 0.601. The van der Waals surface area contributed by atoms with Gasteiger partial charge in [-0.05, 0) is 37.3 Å². The smallest absolute Gasteiger partial charge is 0.241 e. The predicted molar refractivity (Wildman–Crippen MR) is 90.3 cm³/mol. The highest BCUT2D eigenvalue weighted by atomic mass is 19.1. The zero-order chi connectivity index (χ0) is 16.9. The van der Waals surface area contributed by atoms with Crippen molar-refractivity contribution in [1.29, 1.82) is 0 Å². The number of nitrogens with one attached hydrogen (secondary N) is 1. The van der Waals surface area contributed by atoms with Crippen LogP contribution in [0, 0.1) is 5.82 Å². The maximum atomic E-state index is 12.9. The number of hydrogen-bond acceptors (Lipinski definition) is 5. The Kier molecular flexibility index (Phi) is 5.00. The van der Waals surface area contributed by atoms with Crippen LogP contribution in [-0.4, -0.2) is 53.0 Å². The van der Waals surface area contributed by atoms with Gasteiger partial charge in [0.1, 0.15) is 5.82 Å². The van der Waals surface area contributed by atoms with E-state index in [1.54, 1.807) is 30.6 Å². The third-order valence-electron chi connectivity index (χ3n) is 4.19. The van der Waals surface area contributed by atoms with Gasteiger partial charge in [-0.25, -0.2) is 14.4 Å². The minimum absolute atomic E-state index is 0.0916. The van der Waals surface area contributed by atoms with Crippen LogP contribution in [0.3, 0.4) is 0 Å². The molecule has 1 N–H and O–H groups in total. The highest BCUT2D eigenvalue weighted by Gasteiger charge is 2.26. The molecule has 1 atom stereocenters. The van der Waals surface area contributed by atoms with Gasteiger partial charge in [-0.15, -0.1) is 0 Å². The number of nitrogens with zero attached hydrogens (tertiary/aromatic N) is 4. The Labute approximate surface area is 140 Å². The molecule has 2 heterocycles. The average molecular weight is 329 g/mol. The van der Waals surface area contributed by atoms with Crippen LogP contribution in [0.15, 0.2) is 42.7 Å². The van der Waals surface area contributed by atoms with Crippen molar-refractivity contribution in [2.75, 3.05) is 36.4 Å². The summed E-state index contributed by atoms with van der Waals surface area (Å²) >= 11 is 0. The van der Waals surface area contributed by atoms with E-state index >= 15 is 0 Å². The quantitative estimate of drug-likeness (QED) is 0.926. The summed E-state index contributed by atoms with van der Waals surface area (Å²) in [5.74, 6) is 0.312. The van der Waals surface area contributed by atoms with E-state index < -0.39 is 0 Å². The van der Waals surface area contributed by atoms with Crippen LogP contribution in [0.2, 0.25) is 0 Å². The molecule has 2 aromatic rings. The molecule has 6 nitrogen and oxygen atoms in total. The molecule has 1 saturated heterocycles. The molecule has 0 unspecified atom stereocenters. The minimum Gasteiger partial charge on any atom is -0.338 e. The predicted octanol–water partition coefficient (Wildman–Crippen LogP) is 1.76. The zero-order valence-corrected chi connectivity index (χ0v) is 13.5.